The number of furan rings is 1. The molecule has 2 amide bonds. The maximum absolute atomic E-state index is 12.6. The molecule has 38 heavy (non-hydrogen) atoms. The maximum Gasteiger partial charge on any atom is 0.331 e. The summed E-state index contributed by atoms with van der Waals surface area (Å²) in [5.41, 5.74) is 3.26. The van der Waals surface area contributed by atoms with Crippen LogP contribution in [0.5, 0.6) is 0 Å². The van der Waals surface area contributed by atoms with Crippen LogP contribution in [0.25, 0.3) is 23.0 Å². The van der Waals surface area contributed by atoms with Gasteiger partial charge in [0.1, 0.15) is 0 Å². The van der Waals surface area contributed by atoms with Crippen LogP contribution in [0.1, 0.15) is 16.1 Å². The molecule has 1 aliphatic rings. The summed E-state index contributed by atoms with van der Waals surface area (Å²) in [7, 11) is 0. The molecule has 2 aromatic carbocycles. The van der Waals surface area contributed by atoms with Crippen LogP contribution in [0.2, 0.25) is 0 Å². The number of benzene rings is 2. The van der Waals surface area contributed by atoms with Crippen molar-refractivity contribution in [1.29, 1.82) is 0 Å². The zero-order chi connectivity index (χ0) is 26.3. The van der Waals surface area contributed by atoms with Crippen LogP contribution in [0.3, 0.4) is 0 Å². The first-order chi connectivity index (χ1) is 18.6. The van der Waals surface area contributed by atoms with Gasteiger partial charge in [-0.3, -0.25) is 9.59 Å². The first-order valence-corrected chi connectivity index (χ1v) is 12.2. The molecule has 2 aromatic heterocycles. The average molecular weight is 511 g/mol. The van der Waals surface area contributed by atoms with Crippen LogP contribution in [0.4, 0.5) is 0 Å². The van der Waals surface area contributed by atoms with Crippen molar-refractivity contribution in [3.05, 3.63) is 103 Å². The molecule has 1 aliphatic heterocycles. The van der Waals surface area contributed by atoms with Gasteiger partial charge in [0.15, 0.2) is 12.4 Å². The highest BCUT2D eigenvalue weighted by atomic mass is 16.5. The normalized spacial score (nSPS) is 13.6. The van der Waals surface area contributed by atoms with E-state index in [0.29, 0.717) is 26.2 Å². The van der Waals surface area contributed by atoms with E-state index in [2.05, 4.69) is 0 Å². The van der Waals surface area contributed by atoms with Crippen molar-refractivity contribution in [3.63, 3.8) is 0 Å². The predicted octanol–water partition coefficient (Wildman–Crippen LogP) is 3.67. The number of para-hydroxylation sites is 1. The fourth-order valence-corrected chi connectivity index (χ4v) is 4.19. The first-order valence-electron chi connectivity index (χ1n) is 12.2. The van der Waals surface area contributed by atoms with Crippen LogP contribution in [0, 0.1) is 0 Å². The highest BCUT2D eigenvalue weighted by molar-refractivity contribution is 5.92. The van der Waals surface area contributed by atoms with Crippen LogP contribution >= 0.6 is 0 Å². The zero-order valence-electron chi connectivity index (χ0n) is 20.6. The van der Waals surface area contributed by atoms with E-state index < -0.39 is 5.97 Å². The summed E-state index contributed by atoms with van der Waals surface area (Å²) < 4.78 is 12.1. The molecule has 1 saturated heterocycles. The largest absolute Gasteiger partial charge is 0.459 e. The Hall–Kier alpha value is -4.92. The van der Waals surface area contributed by atoms with Crippen molar-refractivity contribution in [2.45, 2.75) is 0 Å². The Labute approximate surface area is 219 Å². The van der Waals surface area contributed by atoms with Crippen molar-refractivity contribution in [3.8, 4) is 16.9 Å². The Balaban J connectivity index is 1.18. The summed E-state index contributed by atoms with van der Waals surface area (Å²) in [5.74, 6) is -0.866. The molecule has 192 valence electrons. The van der Waals surface area contributed by atoms with Gasteiger partial charge < -0.3 is 19.0 Å². The molecule has 0 saturated carbocycles. The Morgan fingerprint density at radius 2 is 1.55 bits per heavy atom. The summed E-state index contributed by atoms with van der Waals surface area (Å²) >= 11 is 0. The molecule has 9 nitrogen and oxygen atoms in total. The van der Waals surface area contributed by atoms with E-state index in [1.807, 2.05) is 66.9 Å². The van der Waals surface area contributed by atoms with Gasteiger partial charge in [-0.1, -0.05) is 48.5 Å². The number of ether oxygens (including phenoxy) is 1. The molecule has 9 heteroatoms. The van der Waals surface area contributed by atoms with Gasteiger partial charge in [-0.15, -0.1) is 0 Å². The first kappa shape index (κ1) is 24.8. The number of piperazine rings is 1. The minimum atomic E-state index is -0.628. The number of nitrogens with zero attached hydrogens (tertiary/aromatic N) is 4. The second-order valence-corrected chi connectivity index (χ2v) is 8.67. The number of hydrogen-bond acceptors (Lipinski definition) is 6. The van der Waals surface area contributed by atoms with Crippen LogP contribution in [-0.4, -0.2) is 70.1 Å². The smallest absolute Gasteiger partial charge is 0.331 e. The number of aromatic nitrogens is 2. The molecule has 4 aromatic rings. The molecule has 0 unspecified atom stereocenters. The highest BCUT2D eigenvalue weighted by Crippen LogP contribution is 2.24. The lowest BCUT2D eigenvalue weighted by Gasteiger charge is -2.34. The zero-order valence-corrected chi connectivity index (χ0v) is 20.6. The lowest BCUT2D eigenvalue weighted by Crippen LogP contribution is -2.51. The number of rotatable bonds is 7. The van der Waals surface area contributed by atoms with E-state index in [1.165, 1.54) is 12.3 Å². The summed E-state index contributed by atoms with van der Waals surface area (Å²) in [5, 5.41) is 4.72. The van der Waals surface area contributed by atoms with Gasteiger partial charge >= 0.3 is 5.97 Å². The van der Waals surface area contributed by atoms with Gasteiger partial charge in [-0.05, 0) is 30.3 Å². The van der Waals surface area contributed by atoms with Gasteiger partial charge in [-0.2, -0.15) is 5.10 Å². The standard InChI is InChI=1S/C29H26N4O5/c34-26(31-15-17-32(18-16-31)29(36)25-12-7-19-37-25)21-38-27(35)14-13-23-20-33(24-10-5-2-6-11-24)30-28(23)22-8-3-1-4-9-22/h1-14,19-20H,15-18,21H2. The van der Waals surface area contributed by atoms with E-state index in [9.17, 15) is 14.4 Å². The van der Waals surface area contributed by atoms with Crippen LogP contribution in [0.15, 0.2) is 95.7 Å². The molecule has 0 radical (unpaired) electrons. The van der Waals surface area contributed by atoms with E-state index in [0.717, 1.165) is 22.5 Å². The van der Waals surface area contributed by atoms with Gasteiger partial charge in [0.05, 0.1) is 17.6 Å². The number of esters is 1. The van der Waals surface area contributed by atoms with E-state index in [-0.39, 0.29) is 24.2 Å². The third-order valence-corrected chi connectivity index (χ3v) is 6.20. The second-order valence-electron chi connectivity index (χ2n) is 8.67. The lowest BCUT2D eigenvalue weighted by atomic mass is 10.1. The average Bonchev–Trinajstić information content (AvgIpc) is 3.66. The molecule has 1 fully saturated rings. The van der Waals surface area contributed by atoms with Crippen molar-refractivity contribution < 1.29 is 23.5 Å². The molecule has 0 atom stereocenters. The van der Waals surface area contributed by atoms with Crippen molar-refractivity contribution in [2.24, 2.45) is 0 Å². The Morgan fingerprint density at radius 3 is 2.24 bits per heavy atom. The lowest BCUT2D eigenvalue weighted by molar-refractivity contribution is -0.148. The molecule has 0 aliphatic carbocycles. The van der Waals surface area contributed by atoms with Crippen molar-refractivity contribution in [2.75, 3.05) is 32.8 Å². The third-order valence-electron chi connectivity index (χ3n) is 6.20. The molecule has 5 rings (SSSR count). The fraction of sp³-hybridized carbons (Fsp3) is 0.172. The molecule has 0 N–H and O–H groups in total. The molecular formula is C29H26N4O5. The SMILES string of the molecule is O=C(C=Cc1cn(-c2ccccc2)nc1-c1ccccc1)OCC(=O)N1CCN(C(=O)c2ccco2)CC1. The molecule has 0 spiro atoms. The van der Waals surface area contributed by atoms with Crippen molar-refractivity contribution in [1.82, 2.24) is 19.6 Å². The number of carbonyl (C=O) groups is 3. The maximum atomic E-state index is 12.6. The fourth-order valence-electron chi connectivity index (χ4n) is 4.19. The van der Waals surface area contributed by atoms with E-state index >= 15 is 0 Å². The number of amides is 2. The summed E-state index contributed by atoms with van der Waals surface area (Å²) in [6, 6.07) is 22.7. The van der Waals surface area contributed by atoms with Crippen LogP contribution in [-0.2, 0) is 14.3 Å². The summed E-state index contributed by atoms with van der Waals surface area (Å²) in [4.78, 5) is 40.6. The van der Waals surface area contributed by atoms with E-state index in [1.54, 1.807) is 32.7 Å². The summed E-state index contributed by atoms with van der Waals surface area (Å²) in [6.45, 7) is 1.11. The van der Waals surface area contributed by atoms with E-state index in [4.69, 9.17) is 14.3 Å². The Morgan fingerprint density at radius 1 is 0.868 bits per heavy atom. The quantitative estimate of drug-likeness (QED) is 0.278. The summed E-state index contributed by atoms with van der Waals surface area (Å²) in [6.07, 6.45) is 6.23. The minimum Gasteiger partial charge on any atom is -0.459 e. The Bertz CT molecular complexity index is 1420. The molecule has 0 bridgehead atoms. The Kier molecular flexibility index (Phi) is 7.44. The second kappa shape index (κ2) is 11.4. The van der Waals surface area contributed by atoms with Gasteiger partial charge in [-0.25, -0.2) is 9.48 Å². The van der Waals surface area contributed by atoms with Crippen LogP contribution < -0.4 is 0 Å². The minimum absolute atomic E-state index is 0.205. The van der Waals surface area contributed by atoms with Crippen molar-refractivity contribution >= 4 is 23.9 Å². The van der Waals surface area contributed by atoms with Gasteiger partial charge in [0, 0.05) is 49.6 Å². The monoisotopic (exact) mass is 510 g/mol. The predicted molar refractivity (Wildman–Crippen MR) is 140 cm³/mol. The third kappa shape index (κ3) is 5.73. The van der Waals surface area contributed by atoms with Gasteiger partial charge in [0.25, 0.3) is 11.8 Å². The molecular weight excluding hydrogens is 484 g/mol. The topological polar surface area (TPSA) is 97.9 Å². The van der Waals surface area contributed by atoms with Gasteiger partial charge in [0.2, 0.25) is 0 Å². The highest BCUT2D eigenvalue weighted by Gasteiger charge is 2.26. The molecule has 3 heterocycles. The number of hydrogen-bond donors (Lipinski definition) is 0. The number of carbonyl (C=O) groups excluding carboxylic acids is 3.